The van der Waals surface area contributed by atoms with Gasteiger partial charge in [-0.25, -0.2) is 0 Å². The van der Waals surface area contributed by atoms with Gasteiger partial charge >= 0.3 is 0 Å². The molecule has 0 saturated carbocycles. The highest BCUT2D eigenvalue weighted by molar-refractivity contribution is 5.47. The van der Waals surface area contributed by atoms with E-state index >= 15 is 0 Å². The fourth-order valence-electron chi connectivity index (χ4n) is 1.73. The van der Waals surface area contributed by atoms with Crippen LogP contribution in [0.3, 0.4) is 0 Å². The summed E-state index contributed by atoms with van der Waals surface area (Å²) in [5.41, 5.74) is 7.60. The van der Waals surface area contributed by atoms with Gasteiger partial charge in [-0.3, -0.25) is 4.90 Å². The maximum atomic E-state index is 8.71. The molecule has 0 heterocycles. The smallest absolute Gasteiger partial charge is 0.123 e. The summed E-state index contributed by atoms with van der Waals surface area (Å²) in [5, 5.41) is 8.71. The van der Waals surface area contributed by atoms with Gasteiger partial charge in [0.2, 0.25) is 0 Å². The predicted octanol–water partition coefficient (Wildman–Crippen LogP) is 2.40. The van der Waals surface area contributed by atoms with Crippen molar-refractivity contribution in [3.8, 4) is 11.8 Å². The molecule has 1 atom stereocenters. The van der Waals surface area contributed by atoms with E-state index in [9.17, 15) is 0 Å². The normalized spacial score (nSPS) is 12.2. The molecule has 0 amide bonds. The summed E-state index contributed by atoms with van der Waals surface area (Å²) in [4.78, 5) is 2.13. The number of rotatable bonds is 6. The number of nitrogens with two attached hydrogens (primary N) is 1. The molecule has 0 fully saturated rings. The van der Waals surface area contributed by atoms with E-state index in [4.69, 9.17) is 15.7 Å². The molecule has 98 valence electrons. The second-order valence-electron chi connectivity index (χ2n) is 4.43. The van der Waals surface area contributed by atoms with Crippen LogP contribution in [0.25, 0.3) is 0 Å². The van der Waals surface area contributed by atoms with Crippen LogP contribution in [0.15, 0.2) is 18.2 Å². The fraction of sp³-hybridized carbons (Fsp3) is 0.500. The first kappa shape index (κ1) is 14.3. The Morgan fingerprint density at radius 2 is 2.22 bits per heavy atom. The van der Waals surface area contributed by atoms with Gasteiger partial charge in [-0.2, -0.15) is 5.26 Å². The van der Waals surface area contributed by atoms with Crippen molar-refractivity contribution in [2.75, 3.05) is 19.4 Å². The van der Waals surface area contributed by atoms with Gasteiger partial charge in [-0.15, -0.1) is 0 Å². The molecule has 2 N–H and O–H groups in total. The van der Waals surface area contributed by atoms with E-state index in [1.807, 2.05) is 39.1 Å². The van der Waals surface area contributed by atoms with Gasteiger partial charge in [0.15, 0.2) is 0 Å². The standard InChI is InChI=1S/C14H21N3O/c1-4-18-14-6-5-13(16)9-12(14)10-17(3)11(2)7-8-15/h5-6,9,11H,4,7,10,16H2,1-3H3. The van der Waals surface area contributed by atoms with Crippen LogP contribution < -0.4 is 10.5 Å². The molecule has 1 rings (SSSR count). The molecular formula is C14H21N3O. The van der Waals surface area contributed by atoms with Crippen LogP contribution in [0.1, 0.15) is 25.8 Å². The lowest BCUT2D eigenvalue weighted by molar-refractivity contribution is 0.246. The predicted molar refractivity (Wildman–Crippen MR) is 73.2 cm³/mol. The Bertz CT molecular complexity index is 426. The molecule has 1 aromatic rings. The van der Waals surface area contributed by atoms with Gasteiger partial charge in [0, 0.05) is 23.8 Å². The summed E-state index contributed by atoms with van der Waals surface area (Å²) in [5.74, 6) is 0.864. The van der Waals surface area contributed by atoms with Crippen LogP contribution in [-0.2, 0) is 6.54 Å². The maximum absolute atomic E-state index is 8.71. The van der Waals surface area contributed by atoms with Crippen molar-refractivity contribution in [1.82, 2.24) is 4.90 Å². The van der Waals surface area contributed by atoms with Gasteiger partial charge in [-0.05, 0) is 39.1 Å². The Hall–Kier alpha value is -1.73. The lowest BCUT2D eigenvalue weighted by atomic mass is 10.1. The molecule has 0 saturated heterocycles. The molecule has 18 heavy (non-hydrogen) atoms. The van der Waals surface area contributed by atoms with Crippen LogP contribution in [0.2, 0.25) is 0 Å². The lowest BCUT2D eigenvalue weighted by Gasteiger charge is -2.24. The molecule has 0 radical (unpaired) electrons. The van der Waals surface area contributed by atoms with Crippen LogP contribution in [0.5, 0.6) is 5.75 Å². The van der Waals surface area contributed by atoms with Gasteiger partial charge in [0.05, 0.1) is 19.1 Å². The minimum absolute atomic E-state index is 0.214. The minimum Gasteiger partial charge on any atom is -0.494 e. The topological polar surface area (TPSA) is 62.3 Å². The van der Waals surface area contributed by atoms with E-state index < -0.39 is 0 Å². The third-order valence-electron chi connectivity index (χ3n) is 2.94. The van der Waals surface area contributed by atoms with E-state index in [2.05, 4.69) is 11.0 Å². The number of ether oxygens (including phenoxy) is 1. The highest BCUT2D eigenvalue weighted by Gasteiger charge is 2.12. The Morgan fingerprint density at radius 1 is 1.50 bits per heavy atom. The molecule has 0 aromatic heterocycles. The Balaban J connectivity index is 2.82. The number of hydrogen-bond donors (Lipinski definition) is 1. The summed E-state index contributed by atoms with van der Waals surface area (Å²) < 4.78 is 5.59. The molecule has 0 aliphatic carbocycles. The third kappa shape index (κ3) is 3.94. The number of benzene rings is 1. The van der Waals surface area contributed by atoms with Crippen LogP contribution >= 0.6 is 0 Å². The van der Waals surface area contributed by atoms with Crippen molar-refractivity contribution in [3.05, 3.63) is 23.8 Å². The van der Waals surface area contributed by atoms with Gasteiger partial charge in [0.25, 0.3) is 0 Å². The zero-order valence-corrected chi connectivity index (χ0v) is 11.3. The van der Waals surface area contributed by atoms with E-state index in [0.29, 0.717) is 13.0 Å². The van der Waals surface area contributed by atoms with Crippen LogP contribution in [0, 0.1) is 11.3 Å². The average molecular weight is 247 g/mol. The van der Waals surface area contributed by atoms with E-state index in [1.165, 1.54) is 0 Å². The van der Waals surface area contributed by atoms with E-state index in [-0.39, 0.29) is 6.04 Å². The van der Waals surface area contributed by atoms with Gasteiger partial charge < -0.3 is 10.5 Å². The maximum Gasteiger partial charge on any atom is 0.123 e. The molecule has 4 heteroatoms. The average Bonchev–Trinajstić information content (AvgIpc) is 2.33. The van der Waals surface area contributed by atoms with Crippen LogP contribution in [0.4, 0.5) is 5.69 Å². The first-order chi connectivity index (χ1) is 8.58. The van der Waals surface area contributed by atoms with Crippen molar-refractivity contribution in [2.24, 2.45) is 0 Å². The van der Waals surface area contributed by atoms with Gasteiger partial charge in [0.1, 0.15) is 5.75 Å². The molecule has 4 nitrogen and oxygen atoms in total. The molecule has 0 spiro atoms. The molecule has 0 aliphatic rings. The quantitative estimate of drug-likeness (QED) is 0.784. The molecule has 0 bridgehead atoms. The second kappa shape index (κ2) is 6.87. The first-order valence-corrected chi connectivity index (χ1v) is 6.16. The zero-order chi connectivity index (χ0) is 13.5. The Labute approximate surface area is 109 Å². The van der Waals surface area contributed by atoms with Crippen molar-refractivity contribution in [2.45, 2.75) is 32.9 Å². The van der Waals surface area contributed by atoms with Crippen molar-refractivity contribution >= 4 is 5.69 Å². The summed E-state index contributed by atoms with van der Waals surface area (Å²) in [6.07, 6.45) is 0.517. The molecule has 1 aromatic carbocycles. The first-order valence-electron chi connectivity index (χ1n) is 6.16. The summed E-state index contributed by atoms with van der Waals surface area (Å²) >= 11 is 0. The minimum atomic E-state index is 0.214. The number of nitrogens with zero attached hydrogens (tertiary/aromatic N) is 2. The molecular weight excluding hydrogens is 226 g/mol. The number of nitrogen functional groups attached to an aromatic ring is 1. The zero-order valence-electron chi connectivity index (χ0n) is 11.3. The number of hydrogen-bond acceptors (Lipinski definition) is 4. The Kier molecular flexibility index (Phi) is 5.47. The number of nitriles is 1. The highest BCUT2D eigenvalue weighted by Crippen LogP contribution is 2.23. The lowest BCUT2D eigenvalue weighted by Crippen LogP contribution is -2.28. The molecule has 0 aliphatic heterocycles. The monoisotopic (exact) mass is 247 g/mol. The summed E-state index contributed by atoms with van der Waals surface area (Å²) in [6.45, 7) is 5.36. The van der Waals surface area contributed by atoms with E-state index in [1.54, 1.807) is 0 Å². The van der Waals surface area contributed by atoms with Crippen molar-refractivity contribution < 1.29 is 4.74 Å². The largest absolute Gasteiger partial charge is 0.494 e. The molecule has 1 unspecified atom stereocenters. The summed E-state index contributed by atoms with van der Waals surface area (Å²) in [7, 11) is 2.00. The third-order valence-corrected chi connectivity index (χ3v) is 2.94. The summed E-state index contributed by atoms with van der Waals surface area (Å²) in [6, 6.07) is 8.07. The van der Waals surface area contributed by atoms with E-state index in [0.717, 1.165) is 23.5 Å². The Morgan fingerprint density at radius 3 is 2.83 bits per heavy atom. The SMILES string of the molecule is CCOc1ccc(N)cc1CN(C)C(C)CC#N. The van der Waals surface area contributed by atoms with Crippen molar-refractivity contribution in [3.63, 3.8) is 0 Å². The number of anilines is 1. The highest BCUT2D eigenvalue weighted by atomic mass is 16.5. The van der Waals surface area contributed by atoms with Crippen molar-refractivity contribution in [1.29, 1.82) is 5.26 Å². The fourth-order valence-corrected chi connectivity index (χ4v) is 1.73. The second-order valence-corrected chi connectivity index (χ2v) is 4.43. The van der Waals surface area contributed by atoms with Crippen LogP contribution in [-0.4, -0.2) is 24.6 Å². The van der Waals surface area contributed by atoms with Gasteiger partial charge in [-0.1, -0.05) is 0 Å².